The van der Waals surface area contributed by atoms with Gasteiger partial charge in [0, 0.05) is 64.0 Å². The van der Waals surface area contributed by atoms with Gasteiger partial charge in [-0.3, -0.25) is 0 Å². The molecule has 0 aliphatic rings. The third kappa shape index (κ3) is 4.37. The zero-order valence-electron chi connectivity index (χ0n) is 27.0. The molecule has 0 aliphatic heterocycles. The van der Waals surface area contributed by atoms with Gasteiger partial charge in [0.1, 0.15) is 22.3 Å². The molecule has 4 heterocycles. The second-order valence-electron chi connectivity index (χ2n) is 12.7. The van der Waals surface area contributed by atoms with Gasteiger partial charge in [-0.05, 0) is 42.0 Å². The summed E-state index contributed by atoms with van der Waals surface area (Å²) in [6, 6.07) is 52.0. The smallest absolute Gasteiger partial charge is 0.165 e. The highest BCUT2D eigenvalue weighted by Crippen LogP contribution is 2.43. The van der Waals surface area contributed by atoms with Crippen LogP contribution in [-0.2, 0) is 0 Å². The van der Waals surface area contributed by atoms with Crippen LogP contribution in [0.2, 0.25) is 0 Å². The molecule has 238 valence electrons. The van der Waals surface area contributed by atoms with E-state index in [0.717, 1.165) is 76.4 Å². The first-order valence-corrected chi connectivity index (χ1v) is 17.7. The van der Waals surface area contributed by atoms with Crippen LogP contribution in [0.1, 0.15) is 0 Å². The molecule has 0 atom stereocenters. The molecule has 0 fully saturated rings. The number of hydrogen-bond acceptors (Lipinski definition) is 6. The van der Waals surface area contributed by atoms with E-state index in [4.69, 9.17) is 23.8 Å². The molecule has 51 heavy (non-hydrogen) atoms. The van der Waals surface area contributed by atoms with Crippen molar-refractivity contribution < 1.29 is 8.83 Å². The Kier molecular flexibility index (Phi) is 6.05. The predicted octanol–water partition coefficient (Wildman–Crippen LogP) is 12.7. The Morgan fingerprint density at radius 2 is 1.06 bits per heavy atom. The highest BCUT2D eigenvalue weighted by molar-refractivity contribution is 7.26. The largest absolute Gasteiger partial charge is 0.456 e. The van der Waals surface area contributed by atoms with Gasteiger partial charge in [-0.1, -0.05) is 115 Å². The molecule has 11 aromatic rings. The maximum absolute atomic E-state index is 6.57. The third-order valence-electron chi connectivity index (χ3n) is 9.76. The summed E-state index contributed by atoms with van der Waals surface area (Å²) in [6.45, 7) is 0. The number of furan rings is 2. The highest BCUT2D eigenvalue weighted by Gasteiger charge is 2.20. The van der Waals surface area contributed by atoms with Crippen LogP contribution in [0.3, 0.4) is 0 Å². The minimum Gasteiger partial charge on any atom is -0.456 e. The van der Waals surface area contributed by atoms with Crippen LogP contribution in [0.4, 0.5) is 0 Å². The lowest BCUT2D eigenvalue weighted by Crippen LogP contribution is -2.00. The van der Waals surface area contributed by atoms with Gasteiger partial charge in [0.05, 0.1) is 0 Å². The van der Waals surface area contributed by atoms with E-state index in [9.17, 15) is 0 Å². The van der Waals surface area contributed by atoms with Gasteiger partial charge >= 0.3 is 0 Å². The summed E-state index contributed by atoms with van der Waals surface area (Å²) < 4.78 is 15.4. The van der Waals surface area contributed by atoms with Crippen LogP contribution in [0.25, 0.3) is 109 Å². The van der Waals surface area contributed by atoms with Crippen molar-refractivity contribution >= 4 is 75.4 Å². The average Bonchev–Trinajstić information content (AvgIpc) is 3.89. The van der Waals surface area contributed by atoms with Gasteiger partial charge in [0.15, 0.2) is 17.5 Å². The number of para-hydroxylation sites is 2. The minimum atomic E-state index is 0.589. The van der Waals surface area contributed by atoms with Crippen LogP contribution in [0.15, 0.2) is 160 Å². The van der Waals surface area contributed by atoms with Gasteiger partial charge in [-0.2, -0.15) is 0 Å². The lowest BCUT2D eigenvalue weighted by atomic mass is 9.97. The third-order valence-corrected chi connectivity index (χ3v) is 11.0. The Balaban J connectivity index is 1.10. The maximum Gasteiger partial charge on any atom is 0.165 e. The van der Waals surface area contributed by atoms with Crippen molar-refractivity contribution in [2.45, 2.75) is 0 Å². The number of aromatic nitrogens is 3. The molecular formula is C45H25N3O2S. The first-order chi connectivity index (χ1) is 25.3. The molecule has 0 amide bonds. The number of fused-ring (bicyclic) bond motifs is 9. The molecule has 0 spiro atoms. The summed E-state index contributed by atoms with van der Waals surface area (Å²) in [7, 11) is 0. The van der Waals surface area contributed by atoms with Crippen molar-refractivity contribution in [3.63, 3.8) is 0 Å². The number of rotatable bonds is 4. The van der Waals surface area contributed by atoms with E-state index in [1.807, 2.05) is 54.6 Å². The quantitative estimate of drug-likeness (QED) is 0.186. The molecule has 0 radical (unpaired) electrons. The number of benzene rings is 7. The Morgan fingerprint density at radius 1 is 0.392 bits per heavy atom. The highest BCUT2D eigenvalue weighted by atomic mass is 32.1. The van der Waals surface area contributed by atoms with Crippen molar-refractivity contribution in [2.75, 3.05) is 0 Å². The summed E-state index contributed by atoms with van der Waals surface area (Å²) in [6.07, 6.45) is 0. The molecule has 7 aromatic carbocycles. The van der Waals surface area contributed by atoms with Crippen molar-refractivity contribution in [2.24, 2.45) is 0 Å². The lowest BCUT2D eigenvalue weighted by Gasteiger charge is -2.09. The SMILES string of the molecule is c1ccc(-c2nc(-c3ccc4c(c3)oc3cccc(-c5cccc6c5oc5ccccc56)c34)nc(-c3cccc4c3sc3ccccc34)n2)cc1. The normalized spacial score (nSPS) is 11.9. The summed E-state index contributed by atoms with van der Waals surface area (Å²) in [5.41, 5.74) is 8.20. The standard InChI is InChI=1S/C45H25N3O2S/c1-2-11-26(12-3-1)43-46-44(48-45(47-43)35-19-9-18-33-29-14-5-7-22-39(29)51-42(33)35)27-23-24-34-38(25-27)49-37-21-10-15-30(40(34)37)32-17-8-16-31-28-13-4-6-20-36(28)50-41(31)32/h1-25H. The maximum atomic E-state index is 6.57. The van der Waals surface area contributed by atoms with E-state index in [0.29, 0.717) is 17.5 Å². The summed E-state index contributed by atoms with van der Waals surface area (Å²) >= 11 is 1.77. The zero-order chi connectivity index (χ0) is 33.5. The molecule has 0 saturated carbocycles. The Hall–Kier alpha value is -6.63. The van der Waals surface area contributed by atoms with E-state index in [1.165, 1.54) is 15.5 Å². The Bertz CT molecular complexity index is 3160. The second kappa shape index (κ2) is 10.9. The Morgan fingerprint density at radius 3 is 1.96 bits per heavy atom. The summed E-state index contributed by atoms with van der Waals surface area (Å²) in [5, 5.41) is 6.71. The fourth-order valence-electron chi connectivity index (χ4n) is 7.41. The zero-order valence-corrected chi connectivity index (χ0v) is 27.8. The fourth-order valence-corrected chi connectivity index (χ4v) is 8.63. The van der Waals surface area contributed by atoms with Gasteiger partial charge in [0.25, 0.3) is 0 Å². The van der Waals surface area contributed by atoms with Gasteiger partial charge < -0.3 is 8.83 Å². The van der Waals surface area contributed by atoms with Crippen LogP contribution in [-0.4, -0.2) is 15.0 Å². The van der Waals surface area contributed by atoms with Crippen LogP contribution >= 0.6 is 11.3 Å². The molecule has 5 nitrogen and oxygen atoms in total. The number of hydrogen-bond donors (Lipinski definition) is 0. The summed E-state index contributed by atoms with van der Waals surface area (Å²) in [4.78, 5) is 15.2. The van der Waals surface area contributed by atoms with E-state index in [2.05, 4.69) is 97.1 Å². The van der Waals surface area contributed by atoms with E-state index in [1.54, 1.807) is 11.3 Å². The number of nitrogens with zero attached hydrogens (tertiary/aromatic N) is 3. The molecule has 0 aliphatic carbocycles. The fraction of sp³-hybridized carbons (Fsp3) is 0. The van der Waals surface area contributed by atoms with Crippen LogP contribution in [0.5, 0.6) is 0 Å². The van der Waals surface area contributed by atoms with Crippen molar-refractivity contribution in [1.82, 2.24) is 15.0 Å². The topological polar surface area (TPSA) is 65.0 Å². The van der Waals surface area contributed by atoms with Crippen LogP contribution in [0, 0.1) is 0 Å². The molecule has 0 saturated heterocycles. The molecule has 0 bridgehead atoms. The number of thiophene rings is 1. The monoisotopic (exact) mass is 671 g/mol. The van der Waals surface area contributed by atoms with E-state index >= 15 is 0 Å². The van der Waals surface area contributed by atoms with E-state index in [-0.39, 0.29) is 0 Å². The van der Waals surface area contributed by atoms with Crippen molar-refractivity contribution in [1.29, 1.82) is 0 Å². The van der Waals surface area contributed by atoms with Gasteiger partial charge in [-0.25, -0.2) is 15.0 Å². The molecular weight excluding hydrogens is 647 g/mol. The molecule has 0 N–H and O–H groups in total. The van der Waals surface area contributed by atoms with Crippen molar-refractivity contribution in [3.8, 4) is 45.3 Å². The van der Waals surface area contributed by atoms with Crippen LogP contribution < -0.4 is 0 Å². The van der Waals surface area contributed by atoms with E-state index < -0.39 is 0 Å². The molecule has 4 aromatic heterocycles. The summed E-state index contributed by atoms with van der Waals surface area (Å²) in [5.74, 6) is 1.85. The Labute approximate surface area is 295 Å². The molecule has 6 heteroatoms. The molecule has 11 rings (SSSR count). The first kappa shape index (κ1) is 28.2. The van der Waals surface area contributed by atoms with Gasteiger partial charge in [-0.15, -0.1) is 11.3 Å². The first-order valence-electron chi connectivity index (χ1n) is 16.9. The predicted molar refractivity (Wildman–Crippen MR) is 209 cm³/mol. The lowest BCUT2D eigenvalue weighted by molar-refractivity contribution is 0.669. The minimum absolute atomic E-state index is 0.589. The average molecular weight is 672 g/mol. The second-order valence-corrected chi connectivity index (χ2v) is 13.8. The van der Waals surface area contributed by atoms with Gasteiger partial charge in [0.2, 0.25) is 0 Å². The molecule has 0 unspecified atom stereocenters. The van der Waals surface area contributed by atoms with Crippen molar-refractivity contribution in [3.05, 3.63) is 152 Å².